The Kier molecular flexibility index (Phi) is 2.56. The largest absolute Gasteiger partial charge is 0.371 e. The van der Waals surface area contributed by atoms with Crippen molar-refractivity contribution in [3.8, 4) is 0 Å². The summed E-state index contributed by atoms with van der Waals surface area (Å²) in [6, 6.07) is 0. The number of epoxide rings is 2. The average molecular weight is 197 g/mol. The van der Waals surface area contributed by atoms with Gasteiger partial charge in [-0.2, -0.15) is 0 Å². The molecule has 0 spiro atoms. The SMILES string of the molecule is C=C(C)C(=O)N(CC1CO1)CC1CO1. The predicted octanol–water partition coefficient (Wildman–Crippen LogP) is 0.189. The minimum absolute atomic E-state index is 0.0102. The highest BCUT2D eigenvalue weighted by Gasteiger charge is 2.32. The summed E-state index contributed by atoms with van der Waals surface area (Å²) in [6.07, 6.45) is 0.467. The summed E-state index contributed by atoms with van der Waals surface area (Å²) >= 11 is 0. The molecule has 78 valence electrons. The molecule has 2 rings (SSSR count). The maximum absolute atomic E-state index is 11.7. The first-order chi connectivity index (χ1) is 6.66. The Labute approximate surface area is 83.5 Å². The number of carbonyl (C=O) groups is 1. The number of nitrogens with zero attached hydrogens (tertiary/aromatic N) is 1. The second kappa shape index (κ2) is 3.71. The van der Waals surface area contributed by atoms with E-state index in [-0.39, 0.29) is 18.1 Å². The molecule has 2 heterocycles. The van der Waals surface area contributed by atoms with Gasteiger partial charge in [0.1, 0.15) is 0 Å². The Bertz CT molecular complexity index is 242. The molecule has 2 unspecified atom stereocenters. The molecular formula is C10H15NO3. The third-order valence-corrected chi connectivity index (χ3v) is 2.31. The van der Waals surface area contributed by atoms with Crippen LogP contribution in [0.15, 0.2) is 12.2 Å². The normalized spacial score (nSPS) is 28.4. The van der Waals surface area contributed by atoms with Crippen LogP contribution in [0.1, 0.15) is 6.92 Å². The van der Waals surface area contributed by atoms with Crippen molar-refractivity contribution in [1.29, 1.82) is 0 Å². The molecule has 0 N–H and O–H groups in total. The van der Waals surface area contributed by atoms with E-state index in [4.69, 9.17) is 9.47 Å². The van der Waals surface area contributed by atoms with Gasteiger partial charge in [-0.3, -0.25) is 4.79 Å². The topological polar surface area (TPSA) is 45.4 Å². The highest BCUT2D eigenvalue weighted by molar-refractivity contribution is 5.92. The van der Waals surface area contributed by atoms with Gasteiger partial charge in [-0.25, -0.2) is 0 Å². The minimum atomic E-state index is 0.0102. The predicted molar refractivity (Wildman–Crippen MR) is 50.9 cm³/mol. The van der Waals surface area contributed by atoms with Crippen molar-refractivity contribution in [3.63, 3.8) is 0 Å². The van der Waals surface area contributed by atoms with Gasteiger partial charge < -0.3 is 14.4 Å². The highest BCUT2D eigenvalue weighted by Crippen LogP contribution is 2.17. The van der Waals surface area contributed by atoms with Crippen molar-refractivity contribution in [2.24, 2.45) is 0 Å². The fourth-order valence-electron chi connectivity index (χ4n) is 1.35. The summed E-state index contributed by atoms with van der Waals surface area (Å²) in [5.74, 6) is 0.0102. The Balaban J connectivity index is 1.88. The fraction of sp³-hybridized carbons (Fsp3) is 0.700. The molecule has 1 amide bonds. The average Bonchev–Trinajstić information content (AvgIpc) is 2.94. The van der Waals surface area contributed by atoms with Crippen molar-refractivity contribution in [2.75, 3.05) is 26.3 Å². The maximum atomic E-state index is 11.7. The van der Waals surface area contributed by atoms with Gasteiger partial charge in [0.05, 0.1) is 25.4 Å². The van der Waals surface area contributed by atoms with Gasteiger partial charge in [0.2, 0.25) is 5.91 Å². The molecule has 14 heavy (non-hydrogen) atoms. The van der Waals surface area contributed by atoms with Gasteiger partial charge in [-0.05, 0) is 6.92 Å². The Morgan fingerprint density at radius 3 is 2.07 bits per heavy atom. The first-order valence-electron chi connectivity index (χ1n) is 4.85. The second-order valence-electron chi connectivity index (χ2n) is 3.90. The Morgan fingerprint density at radius 2 is 1.79 bits per heavy atom. The quantitative estimate of drug-likeness (QED) is 0.467. The molecule has 0 aromatic heterocycles. The molecule has 2 saturated heterocycles. The number of amides is 1. The molecule has 0 radical (unpaired) electrons. The fourth-order valence-corrected chi connectivity index (χ4v) is 1.35. The highest BCUT2D eigenvalue weighted by atomic mass is 16.6. The van der Waals surface area contributed by atoms with E-state index in [1.807, 2.05) is 0 Å². The van der Waals surface area contributed by atoms with Crippen LogP contribution in [-0.4, -0.2) is 49.3 Å². The first kappa shape index (κ1) is 9.68. The minimum Gasteiger partial charge on any atom is -0.371 e. The summed E-state index contributed by atoms with van der Waals surface area (Å²) in [5, 5.41) is 0. The van der Waals surface area contributed by atoms with E-state index < -0.39 is 0 Å². The van der Waals surface area contributed by atoms with Crippen LogP contribution in [0.5, 0.6) is 0 Å². The van der Waals surface area contributed by atoms with Crippen LogP contribution in [0.25, 0.3) is 0 Å². The lowest BCUT2D eigenvalue weighted by Gasteiger charge is -2.20. The lowest BCUT2D eigenvalue weighted by Crippen LogP contribution is -2.37. The standard InChI is InChI=1S/C10H15NO3/c1-7(2)10(12)11(3-8-5-13-8)4-9-6-14-9/h8-9H,1,3-6H2,2H3. The summed E-state index contributed by atoms with van der Waals surface area (Å²) in [6.45, 7) is 8.27. The molecule has 0 aromatic rings. The van der Waals surface area contributed by atoms with Crippen LogP contribution < -0.4 is 0 Å². The Morgan fingerprint density at radius 1 is 1.36 bits per heavy atom. The van der Waals surface area contributed by atoms with Gasteiger partial charge in [0.15, 0.2) is 0 Å². The van der Waals surface area contributed by atoms with Crippen LogP contribution in [0.2, 0.25) is 0 Å². The number of hydrogen-bond donors (Lipinski definition) is 0. The van der Waals surface area contributed by atoms with E-state index in [1.165, 1.54) is 0 Å². The van der Waals surface area contributed by atoms with Gasteiger partial charge in [-0.15, -0.1) is 0 Å². The van der Waals surface area contributed by atoms with Crippen molar-refractivity contribution in [2.45, 2.75) is 19.1 Å². The monoisotopic (exact) mass is 197 g/mol. The van der Waals surface area contributed by atoms with Gasteiger partial charge in [0, 0.05) is 18.7 Å². The van der Waals surface area contributed by atoms with Crippen LogP contribution in [0, 0.1) is 0 Å². The summed E-state index contributed by atoms with van der Waals surface area (Å²) in [7, 11) is 0. The molecule has 0 aliphatic carbocycles. The number of hydrogen-bond acceptors (Lipinski definition) is 3. The lowest BCUT2D eigenvalue weighted by molar-refractivity contribution is -0.127. The zero-order chi connectivity index (χ0) is 10.1. The molecule has 0 saturated carbocycles. The molecule has 4 nitrogen and oxygen atoms in total. The van der Waals surface area contributed by atoms with Crippen LogP contribution in [0.4, 0.5) is 0 Å². The molecular weight excluding hydrogens is 182 g/mol. The molecule has 2 aliphatic rings. The summed E-state index contributed by atoms with van der Waals surface area (Å²) in [4.78, 5) is 13.5. The van der Waals surface area contributed by atoms with Crippen molar-refractivity contribution < 1.29 is 14.3 Å². The molecule has 2 fully saturated rings. The van der Waals surface area contributed by atoms with E-state index in [2.05, 4.69) is 6.58 Å². The van der Waals surface area contributed by atoms with Gasteiger partial charge in [0.25, 0.3) is 0 Å². The lowest BCUT2D eigenvalue weighted by atomic mass is 10.2. The van der Waals surface area contributed by atoms with Crippen LogP contribution in [-0.2, 0) is 14.3 Å². The maximum Gasteiger partial charge on any atom is 0.249 e. The van der Waals surface area contributed by atoms with Crippen molar-refractivity contribution in [3.05, 3.63) is 12.2 Å². The third-order valence-electron chi connectivity index (χ3n) is 2.31. The number of rotatable bonds is 5. The van der Waals surface area contributed by atoms with E-state index >= 15 is 0 Å². The van der Waals surface area contributed by atoms with Crippen LogP contribution >= 0.6 is 0 Å². The molecule has 4 heteroatoms. The van der Waals surface area contributed by atoms with Gasteiger partial charge >= 0.3 is 0 Å². The first-order valence-corrected chi connectivity index (χ1v) is 4.85. The van der Waals surface area contributed by atoms with Gasteiger partial charge in [-0.1, -0.05) is 6.58 Å². The second-order valence-corrected chi connectivity index (χ2v) is 3.90. The number of ether oxygens (including phenoxy) is 2. The molecule has 0 aromatic carbocycles. The van der Waals surface area contributed by atoms with E-state index in [0.717, 1.165) is 13.2 Å². The third kappa shape index (κ3) is 2.56. The van der Waals surface area contributed by atoms with E-state index in [0.29, 0.717) is 18.7 Å². The summed E-state index contributed by atoms with van der Waals surface area (Å²) < 4.78 is 10.2. The van der Waals surface area contributed by atoms with Crippen LogP contribution in [0.3, 0.4) is 0 Å². The van der Waals surface area contributed by atoms with Crippen molar-refractivity contribution in [1.82, 2.24) is 4.90 Å². The zero-order valence-electron chi connectivity index (χ0n) is 8.36. The van der Waals surface area contributed by atoms with E-state index in [1.54, 1.807) is 11.8 Å². The smallest absolute Gasteiger partial charge is 0.249 e. The van der Waals surface area contributed by atoms with E-state index in [9.17, 15) is 4.79 Å². The summed E-state index contributed by atoms with van der Waals surface area (Å²) in [5.41, 5.74) is 0.575. The molecule has 0 bridgehead atoms. The van der Waals surface area contributed by atoms with Crippen molar-refractivity contribution >= 4 is 5.91 Å². The zero-order valence-corrected chi connectivity index (χ0v) is 8.36. The number of carbonyl (C=O) groups excluding carboxylic acids is 1. The molecule has 2 atom stereocenters. The Hall–Kier alpha value is -0.870. The molecule has 2 aliphatic heterocycles.